The van der Waals surface area contributed by atoms with E-state index >= 15 is 0 Å². The van der Waals surface area contributed by atoms with E-state index in [-0.39, 0.29) is 11.8 Å². The molecule has 0 atom stereocenters. The van der Waals surface area contributed by atoms with Crippen LogP contribution >= 0.6 is 0 Å². The Kier molecular flexibility index (Phi) is 8.62. The van der Waals surface area contributed by atoms with E-state index in [1.807, 2.05) is 24.3 Å². The van der Waals surface area contributed by atoms with Crippen molar-refractivity contribution < 1.29 is 24.6 Å². The summed E-state index contributed by atoms with van der Waals surface area (Å²) in [5.74, 6) is -3.19. The van der Waals surface area contributed by atoms with Crippen LogP contribution in [-0.4, -0.2) is 52.1 Å². The number of amides is 1. The Labute approximate surface area is 170 Å². The third-order valence-electron chi connectivity index (χ3n) is 5.33. The maximum absolute atomic E-state index is 12.3. The summed E-state index contributed by atoms with van der Waals surface area (Å²) < 4.78 is 0. The van der Waals surface area contributed by atoms with Gasteiger partial charge in [0.05, 0.1) is 11.6 Å². The van der Waals surface area contributed by atoms with E-state index in [2.05, 4.69) is 16.3 Å². The molecule has 156 valence electrons. The van der Waals surface area contributed by atoms with Gasteiger partial charge in [-0.25, -0.2) is 9.59 Å². The van der Waals surface area contributed by atoms with E-state index in [0.29, 0.717) is 11.6 Å². The molecule has 1 aromatic carbocycles. The summed E-state index contributed by atoms with van der Waals surface area (Å²) >= 11 is 0. The predicted molar refractivity (Wildman–Crippen MR) is 105 cm³/mol. The molecule has 3 rings (SSSR count). The second-order valence-corrected chi connectivity index (χ2v) is 7.46. The van der Waals surface area contributed by atoms with Gasteiger partial charge in [0, 0.05) is 18.5 Å². The van der Waals surface area contributed by atoms with Crippen molar-refractivity contribution >= 4 is 17.8 Å². The molecule has 8 nitrogen and oxygen atoms in total. The number of benzene rings is 1. The second kappa shape index (κ2) is 11.2. The Hall–Kier alpha value is -2.92. The van der Waals surface area contributed by atoms with Gasteiger partial charge >= 0.3 is 11.9 Å². The van der Waals surface area contributed by atoms with Gasteiger partial charge < -0.3 is 15.5 Å². The number of hydrogen-bond acceptors (Lipinski definition) is 5. The van der Waals surface area contributed by atoms with Gasteiger partial charge in [-0.1, -0.05) is 25.0 Å². The molecule has 1 heterocycles. The smallest absolute Gasteiger partial charge is 0.414 e. The zero-order valence-electron chi connectivity index (χ0n) is 16.3. The first kappa shape index (κ1) is 22.4. The number of carbonyl (C=O) groups is 3. The summed E-state index contributed by atoms with van der Waals surface area (Å²) in [4.78, 5) is 32.9. The quantitative estimate of drug-likeness (QED) is 0.658. The molecule has 1 aliphatic carbocycles. The van der Waals surface area contributed by atoms with Gasteiger partial charge in [-0.05, 0) is 56.5 Å². The van der Waals surface area contributed by atoms with Crippen LogP contribution in [0.15, 0.2) is 24.3 Å². The molecule has 1 aromatic rings. The number of carboxylic acid groups (broad SMARTS) is 2. The van der Waals surface area contributed by atoms with Crippen LogP contribution < -0.4 is 5.32 Å². The van der Waals surface area contributed by atoms with Crippen molar-refractivity contribution in [3.8, 4) is 6.07 Å². The molecule has 3 N–H and O–H groups in total. The van der Waals surface area contributed by atoms with Crippen LogP contribution in [-0.2, 0) is 20.9 Å². The third kappa shape index (κ3) is 7.54. The lowest BCUT2D eigenvalue weighted by molar-refractivity contribution is -0.159. The number of nitriles is 1. The molecule has 0 aromatic heterocycles. The van der Waals surface area contributed by atoms with Crippen molar-refractivity contribution in [1.29, 1.82) is 5.26 Å². The maximum Gasteiger partial charge on any atom is 0.414 e. The van der Waals surface area contributed by atoms with Crippen molar-refractivity contribution in [2.24, 2.45) is 5.92 Å². The topological polar surface area (TPSA) is 131 Å². The summed E-state index contributed by atoms with van der Waals surface area (Å²) in [6.45, 7) is 2.86. The first-order valence-corrected chi connectivity index (χ1v) is 9.87. The molecule has 0 unspecified atom stereocenters. The van der Waals surface area contributed by atoms with Crippen molar-refractivity contribution in [1.82, 2.24) is 10.2 Å². The van der Waals surface area contributed by atoms with Gasteiger partial charge in [-0.15, -0.1) is 0 Å². The largest absolute Gasteiger partial charge is 0.473 e. The highest BCUT2D eigenvalue weighted by molar-refractivity contribution is 6.27. The number of nitrogens with zero attached hydrogens (tertiary/aromatic N) is 2. The Morgan fingerprint density at radius 3 is 2.03 bits per heavy atom. The summed E-state index contributed by atoms with van der Waals surface area (Å²) in [5, 5.41) is 26.9. The van der Waals surface area contributed by atoms with E-state index in [1.54, 1.807) is 0 Å². The molecule has 8 heteroatoms. The Morgan fingerprint density at radius 1 is 1.00 bits per heavy atom. The molecular weight excluding hydrogens is 374 g/mol. The normalized spacial score (nSPS) is 17.6. The fourth-order valence-electron chi connectivity index (χ4n) is 3.69. The molecule has 1 amide bonds. The van der Waals surface area contributed by atoms with Crippen LogP contribution in [0, 0.1) is 17.2 Å². The lowest BCUT2D eigenvalue weighted by Gasteiger charge is -2.31. The molecule has 0 spiro atoms. The molecular formula is C21H27N3O5. The van der Waals surface area contributed by atoms with E-state index in [9.17, 15) is 4.79 Å². The van der Waals surface area contributed by atoms with Crippen LogP contribution in [0.1, 0.15) is 49.7 Å². The minimum atomic E-state index is -1.82. The second-order valence-electron chi connectivity index (χ2n) is 7.46. The van der Waals surface area contributed by atoms with Gasteiger partial charge in [0.25, 0.3) is 0 Å². The maximum atomic E-state index is 12.3. The molecule has 2 aliphatic rings. The minimum absolute atomic E-state index is 0.188. The number of carboxylic acids is 2. The number of rotatable bonds is 4. The summed E-state index contributed by atoms with van der Waals surface area (Å²) in [5.41, 5.74) is 1.94. The highest BCUT2D eigenvalue weighted by Gasteiger charge is 2.27. The molecule has 1 saturated heterocycles. The number of carbonyl (C=O) groups excluding carboxylic acids is 1. The van der Waals surface area contributed by atoms with Gasteiger partial charge in [-0.3, -0.25) is 9.69 Å². The van der Waals surface area contributed by atoms with Crippen molar-refractivity contribution in [2.45, 2.75) is 51.1 Å². The molecule has 1 aliphatic heterocycles. The SMILES string of the molecule is N#Cc1ccc(CN2CCC(C(=O)NC3CCCC3)CC2)cc1.O=C(O)C(=O)O. The molecule has 0 bridgehead atoms. The van der Waals surface area contributed by atoms with Crippen molar-refractivity contribution in [3.63, 3.8) is 0 Å². The Morgan fingerprint density at radius 2 is 1.55 bits per heavy atom. The van der Waals surface area contributed by atoms with Gasteiger partial charge in [0.1, 0.15) is 0 Å². The van der Waals surface area contributed by atoms with E-state index in [4.69, 9.17) is 25.1 Å². The van der Waals surface area contributed by atoms with Crippen LogP contribution in [0.5, 0.6) is 0 Å². The Bertz CT molecular complexity index is 731. The molecule has 29 heavy (non-hydrogen) atoms. The monoisotopic (exact) mass is 401 g/mol. The summed E-state index contributed by atoms with van der Waals surface area (Å²) in [6, 6.07) is 10.4. The van der Waals surface area contributed by atoms with E-state index < -0.39 is 11.9 Å². The first-order chi connectivity index (χ1) is 13.9. The van der Waals surface area contributed by atoms with Crippen LogP contribution in [0.3, 0.4) is 0 Å². The summed E-state index contributed by atoms with van der Waals surface area (Å²) in [6.07, 6.45) is 6.73. The molecule has 2 fully saturated rings. The minimum Gasteiger partial charge on any atom is -0.473 e. The van der Waals surface area contributed by atoms with E-state index in [1.165, 1.54) is 18.4 Å². The number of likely N-dealkylation sites (tertiary alicyclic amines) is 1. The summed E-state index contributed by atoms with van der Waals surface area (Å²) in [7, 11) is 0. The lowest BCUT2D eigenvalue weighted by atomic mass is 9.95. The standard InChI is InChI=1S/C19H25N3O.C2H2O4/c20-13-15-5-7-16(8-6-15)14-22-11-9-17(10-12-22)19(23)21-18-3-1-2-4-18;3-1(4)2(5)6/h5-8,17-18H,1-4,9-12,14H2,(H,21,23);(H,3,4)(H,5,6). The lowest BCUT2D eigenvalue weighted by Crippen LogP contribution is -2.42. The fraction of sp³-hybridized carbons (Fsp3) is 0.524. The Balaban J connectivity index is 0.000000438. The van der Waals surface area contributed by atoms with Crippen molar-refractivity contribution in [3.05, 3.63) is 35.4 Å². The number of aliphatic carboxylic acids is 2. The fourth-order valence-corrected chi connectivity index (χ4v) is 3.69. The zero-order chi connectivity index (χ0) is 21.2. The number of piperidine rings is 1. The van der Waals surface area contributed by atoms with Crippen LogP contribution in [0.4, 0.5) is 0 Å². The average molecular weight is 401 g/mol. The highest BCUT2D eigenvalue weighted by atomic mass is 16.4. The zero-order valence-corrected chi connectivity index (χ0v) is 16.3. The highest BCUT2D eigenvalue weighted by Crippen LogP contribution is 2.22. The van der Waals surface area contributed by atoms with Crippen LogP contribution in [0.25, 0.3) is 0 Å². The number of nitrogens with one attached hydrogen (secondary N) is 1. The van der Waals surface area contributed by atoms with E-state index in [0.717, 1.165) is 45.3 Å². The number of hydrogen-bond donors (Lipinski definition) is 3. The van der Waals surface area contributed by atoms with Crippen LogP contribution in [0.2, 0.25) is 0 Å². The molecule has 1 saturated carbocycles. The van der Waals surface area contributed by atoms with Gasteiger partial charge in [-0.2, -0.15) is 5.26 Å². The van der Waals surface area contributed by atoms with Crippen molar-refractivity contribution in [2.75, 3.05) is 13.1 Å². The third-order valence-corrected chi connectivity index (χ3v) is 5.33. The van der Waals surface area contributed by atoms with Gasteiger partial charge in [0.15, 0.2) is 0 Å². The van der Waals surface area contributed by atoms with Gasteiger partial charge in [0.2, 0.25) is 5.91 Å². The molecule has 0 radical (unpaired) electrons. The average Bonchev–Trinajstić information content (AvgIpc) is 3.22. The predicted octanol–water partition coefficient (Wildman–Crippen LogP) is 1.98. The first-order valence-electron chi connectivity index (χ1n) is 9.87.